The maximum absolute atomic E-state index is 12.4. The second kappa shape index (κ2) is 7.85. The number of rotatable bonds is 4. The van der Waals surface area contributed by atoms with Crippen molar-refractivity contribution in [2.75, 3.05) is 32.1 Å². The second-order valence-electron chi connectivity index (χ2n) is 5.65. The fourth-order valence-corrected chi connectivity index (χ4v) is 2.71. The van der Waals surface area contributed by atoms with Crippen LogP contribution in [-0.2, 0) is 9.53 Å². The van der Waals surface area contributed by atoms with Crippen molar-refractivity contribution >= 4 is 17.7 Å². The normalized spacial score (nSPS) is 17.5. The van der Waals surface area contributed by atoms with Gasteiger partial charge in [0, 0.05) is 18.8 Å². The van der Waals surface area contributed by atoms with Crippen LogP contribution in [0.1, 0.15) is 25.3 Å². The van der Waals surface area contributed by atoms with E-state index in [0.717, 1.165) is 29.8 Å². The molecule has 1 fully saturated rings. The molecule has 1 aliphatic rings. The first-order chi connectivity index (χ1) is 11.0. The number of carbonyl (C=O) groups excluding carboxylic acids is 2. The van der Waals surface area contributed by atoms with Gasteiger partial charge in [0.2, 0.25) is 0 Å². The van der Waals surface area contributed by atoms with Crippen LogP contribution in [0.4, 0.5) is 10.5 Å². The number of aryl methyl sites for hydroxylation is 1. The Bertz CT molecular complexity index is 574. The van der Waals surface area contributed by atoms with Crippen molar-refractivity contribution in [1.82, 2.24) is 4.90 Å². The molecule has 1 atom stereocenters. The van der Waals surface area contributed by atoms with Crippen molar-refractivity contribution in [3.05, 3.63) is 23.8 Å². The summed E-state index contributed by atoms with van der Waals surface area (Å²) in [6.45, 7) is 5.12. The molecule has 6 nitrogen and oxygen atoms in total. The van der Waals surface area contributed by atoms with E-state index in [-0.39, 0.29) is 17.9 Å². The number of piperidine rings is 1. The lowest BCUT2D eigenvalue weighted by Crippen LogP contribution is -2.44. The Morgan fingerprint density at radius 1 is 1.39 bits per heavy atom. The molecular formula is C17H24N2O4. The third kappa shape index (κ3) is 4.37. The average molecular weight is 320 g/mol. The van der Waals surface area contributed by atoms with E-state index >= 15 is 0 Å². The summed E-state index contributed by atoms with van der Waals surface area (Å²) in [6.07, 6.45) is 1.57. The molecule has 1 aromatic rings. The van der Waals surface area contributed by atoms with Crippen molar-refractivity contribution < 1.29 is 19.1 Å². The molecule has 2 rings (SSSR count). The molecular weight excluding hydrogens is 296 g/mol. The molecule has 126 valence electrons. The van der Waals surface area contributed by atoms with E-state index < -0.39 is 0 Å². The van der Waals surface area contributed by atoms with Crippen molar-refractivity contribution in [3.8, 4) is 5.75 Å². The lowest BCUT2D eigenvalue weighted by molar-refractivity contribution is -0.149. The average Bonchev–Trinajstić information content (AvgIpc) is 2.57. The minimum atomic E-state index is -0.230. The van der Waals surface area contributed by atoms with Crippen LogP contribution in [0.15, 0.2) is 18.2 Å². The van der Waals surface area contributed by atoms with Crippen molar-refractivity contribution in [2.45, 2.75) is 26.7 Å². The summed E-state index contributed by atoms with van der Waals surface area (Å²) in [6, 6.07) is 5.30. The topological polar surface area (TPSA) is 67.9 Å². The zero-order valence-corrected chi connectivity index (χ0v) is 13.9. The summed E-state index contributed by atoms with van der Waals surface area (Å²) in [5.74, 6) is 0.304. The number of methoxy groups -OCH3 is 1. The molecule has 1 aliphatic heterocycles. The number of hydrogen-bond acceptors (Lipinski definition) is 4. The van der Waals surface area contributed by atoms with Gasteiger partial charge in [0.25, 0.3) is 0 Å². The smallest absolute Gasteiger partial charge is 0.321 e. The molecule has 0 bridgehead atoms. The number of benzene rings is 1. The minimum absolute atomic E-state index is 0.188. The summed E-state index contributed by atoms with van der Waals surface area (Å²) < 4.78 is 10.2. The van der Waals surface area contributed by atoms with Crippen LogP contribution >= 0.6 is 0 Å². The number of nitrogens with zero attached hydrogens (tertiary/aromatic N) is 1. The van der Waals surface area contributed by atoms with Crippen LogP contribution in [-0.4, -0.2) is 43.7 Å². The molecule has 23 heavy (non-hydrogen) atoms. The number of urea groups is 1. The van der Waals surface area contributed by atoms with Crippen molar-refractivity contribution in [3.63, 3.8) is 0 Å². The van der Waals surface area contributed by atoms with Gasteiger partial charge in [-0.1, -0.05) is 0 Å². The molecule has 0 saturated carbocycles. The second-order valence-corrected chi connectivity index (χ2v) is 5.65. The zero-order valence-electron chi connectivity index (χ0n) is 13.9. The van der Waals surface area contributed by atoms with Gasteiger partial charge < -0.3 is 19.7 Å². The number of likely N-dealkylation sites (tertiary alicyclic amines) is 1. The number of ether oxygens (including phenoxy) is 2. The Hall–Kier alpha value is -2.24. The van der Waals surface area contributed by atoms with Crippen LogP contribution in [0.5, 0.6) is 5.75 Å². The Labute approximate surface area is 136 Å². The van der Waals surface area contributed by atoms with Gasteiger partial charge in [0.05, 0.1) is 19.6 Å². The first-order valence-corrected chi connectivity index (χ1v) is 7.92. The highest BCUT2D eigenvalue weighted by atomic mass is 16.5. The zero-order chi connectivity index (χ0) is 16.8. The van der Waals surface area contributed by atoms with E-state index in [9.17, 15) is 9.59 Å². The van der Waals surface area contributed by atoms with Gasteiger partial charge in [-0.3, -0.25) is 4.79 Å². The molecule has 0 aromatic heterocycles. The Morgan fingerprint density at radius 3 is 2.83 bits per heavy atom. The fourth-order valence-electron chi connectivity index (χ4n) is 2.71. The lowest BCUT2D eigenvalue weighted by atomic mass is 9.98. The van der Waals surface area contributed by atoms with E-state index in [1.807, 2.05) is 19.1 Å². The Balaban J connectivity index is 1.98. The standard InChI is InChI=1S/C17H24N2O4/c1-4-23-16(20)13-6-5-9-19(11-13)17(21)18-15-8-7-14(22-3)10-12(15)2/h7-8,10,13H,4-6,9,11H2,1-3H3,(H,18,21). The molecule has 1 saturated heterocycles. The van der Waals surface area contributed by atoms with Gasteiger partial charge >= 0.3 is 12.0 Å². The lowest BCUT2D eigenvalue weighted by Gasteiger charge is -2.31. The van der Waals surface area contributed by atoms with Crippen LogP contribution in [0.25, 0.3) is 0 Å². The molecule has 0 spiro atoms. The predicted molar refractivity (Wildman–Crippen MR) is 87.7 cm³/mol. The number of carbonyl (C=O) groups is 2. The van der Waals surface area contributed by atoms with Crippen molar-refractivity contribution in [1.29, 1.82) is 0 Å². The van der Waals surface area contributed by atoms with E-state index in [0.29, 0.717) is 19.7 Å². The third-order valence-electron chi connectivity index (χ3n) is 4.00. The Morgan fingerprint density at radius 2 is 2.17 bits per heavy atom. The third-order valence-corrected chi connectivity index (χ3v) is 4.00. The van der Waals surface area contributed by atoms with Crippen molar-refractivity contribution in [2.24, 2.45) is 5.92 Å². The quantitative estimate of drug-likeness (QED) is 0.866. The number of nitrogens with one attached hydrogen (secondary N) is 1. The highest BCUT2D eigenvalue weighted by molar-refractivity contribution is 5.90. The molecule has 0 aliphatic carbocycles. The summed E-state index contributed by atoms with van der Waals surface area (Å²) in [5, 5.41) is 2.90. The molecule has 0 radical (unpaired) electrons. The summed E-state index contributed by atoms with van der Waals surface area (Å²) in [4.78, 5) is 26.0. The SMILES string of the molecule is CCOC(=O)C1CCCN(C(=O)Nc2ccc(OC)cc2C)C1. The van der Waals surface area contributed by atoms with E-state index in [1.54, 1.807) is 25.0 Å². The maximum atomic E-state index is 12.4. The molecule has 1 N–H and O–H groups in total. The highest BCUT2D eigenvalue weighted by Crippen LogP contribution is 2.23. The maximum Gasteiger partial charge on any atom is 0.321 e. The van der Waals surface area contributed by atoms with E-state index in [2.05, 4.69) is 5.32 Å². The molecule has 1 unspecified atom stereocenters. The highest BCUT2D eigenvalue weighted by Gasteiger charge is 2.29. The first-order valence-electron chi connectivity index (χ1n) is 7.92. The largest absolute Gasteiger partial charge is 0.497 e. The van der Waals surface area contributed by atoms with Gasteiger partial charge in [-0.25, -0.2) is 4.79 Å². The van der Waals surface area contributed by atoms with Crippen LogP contribution in [0.2, 0.25) is 0 Å². The van der Waals surface area contributed by atoms with Crippen LogP contribution < -0.4 is 10.1 Å². The monoisotopic (exact) mass is 320 g/mol. The van der Waals surface area contributed by atoms with Gasteiger partial charge in [0.15, 0.2) is 0 Å². The van der Waals surface area contributed by atoms with Gasteiger partial charge in [-0.05, 0) is 50.5 Å². The number of amides is 2. The van der Waals surface area contributed by atoms with Crippen LogP contribution in [0, 0.1) is 12.8 Å². The molecule has 1 heterocycles. The number of esters is 1. The minimum Gasteiger partial charge on any atom is -0.497 e. The Kier molecular flexibility index (Phi) is 5.84. The summed E-state index contributed by atoms with van der Waals surface area (Å²) in [5.41, 5.74) is 1.67. The molecule has 1 aromatic carbocycles. The van der Waals surface area contributed by atoms with Gasteiger partial charge in [0.1, 0.15) is 5.75 Å². The molecule has 2 amide bonds. The fraction of sp³-hybridized carbons (Fsp3) is 0.529. The van der Waals surface area contributed by atoms with Gasteiger partial charge in [-0.2, -0.15) is 0 Å². The van der Waals surface area contributed by atoms with E-state index in [1.165, 1.54) is 0 Å². The summed E-state index contributed by atoms with van der Waals surface area (Å²) >= 11 is 0. The van der Waals surface area contributed by atoms with Crippen LogP contribution in [0.3, 0.4) is 0 Å². The van der Waals surface area contributed by atoms with Gasteiger partial charge in [-0.15, -0.1) is 0 Å². The number of anilines is 1. The number of hydrogen-bond donors (Lipinski definition) is 1. The molecule has 6 heteroatoms. The van der Waals surface area contributed by atoms with E-state index in [4.69, 9.17) is 9.47 Å². The summed E-state index contributed by atoms with van der Waals surface area (Å²) in [7, 11) is 1.61. The predicted octanol–water partition coefficient (Wildman–Crippen LogP) is 2.81. The first kappa shape index (κ1) is 17.1.